The summed E-state index contributed by atoms with van der Waals surface area (Å²) in [4.78, 5) is 26.0. The maximum atomic E-state index is 13.2. The van der Waals surface area contributed by atoms with Crippen LogP contribution in [0, 0.1) is 0 Å². The number of thioether (sulfide) groups is 1. The first kappa shape index (κ1) is 21.3. The van der Waals surface area contributed by atoms with E-state index in [1.54, 1.807) is 59.3 Å². The summed E-state index contributed by atoms with van der Waals surface area (Å²) in [5.74, 6) is -0.693. The Hall–Kier alpha value is -3.98. The molecule has 2 amide bonds. The molecule has 2 N–H and O–H groups in total. The van der Waals surface area contributed by atoms with Crippen LogP contribution in [0.4, 0.5) is 5.69 Å². The van der Waals surface area contributed by atoms with Gasteiger partial charge < -0.3 is 10.6 Å². The Bertz CT molecular complexity index is 1210. The summed E-state index contributed by atoms with van der Waals surface area (Å²) in [5, 5.41) is 18.0. The maximum absolute atomic E-state index is 13.2. The molecule has 0 saturated carbocycles. The lowest BCUT2D eigenvalue weighted by atomic mass is 10.0. The first-order chi connectivity index (χ1) is 15.7. The highest BCUT2D eigenvalue weighted by molar-refractivity contribution is 7.98. The van der Waals surface area contributed by atoms with Gasteiger partial charge in [0.15, 0.2) is 0 Å². The van der Waals surface area contributed by atoms with Crippen LogP contribution in [0.3, 0.4) is 0 Å². The summed E-state index contributed by atoms with van der Waals surface area (Å²) in [7, 11) is 0. The Morgan fingerprint density at radius 2 is 1.66 bits per heavy atom. The summed E-state index contributed by atoms with van der Waals surface area (Å²) in [6, 6.07) is 24.2. The number of amides is 2. The number of tetrazole rings is 1. The third-order valence-electron chi connectivity index (χ3n) is 4.69. The molecule has 0 aliphatic carbocycles. The Morgan fingerprint density at radius 1 is 0.938 bits per heavy atom. The van der Waals surface area contributed by atoms with Crippen LogP contribution >= 0.6 is 11.8 Å². The van der Waals surface area contributed by atoms with Gasteiger partial charge in [-0.3, -0.25) is 9.59 Å². The van der Waals surface area contributed by atoms with Gasteiger partial charge in [-0.1, -0.05) is 66.4 Å². The normalized spacial score (nSPS) is 11.5. The van der Waals surface area contributed by atoms with E-state index in [2.05, 4.69) is 26.2 Å². The quantitative estimate of drug-likeness (QED) is 0.423. The number of hydrogen-bond acceptors (Lipinski definition) is 6. The van der Waals surface area contributed by atoms with Crippen LogP contribution in [0.25, 0.3) is 5.69 Å². The molecule has 9 heteroatoms. The molecule has 0 aliphatic rings. The summed E-state index contributed by atoms with van der Waals surface area (Å²) < 4.78 is 1.59. The Balaban J connectivity index is 1.58. The standard InChI is InChI=1S/C23H20N6O2S/c1-32-23-26-27-28-29(23)19-14-8-13-18(15-19)24-22(31)20(16-9-4-2-5-10-16)25-21(30)17-11-6-3-7-12-17/h2-15,20H,1H3,(H,24,31)(H,25,30). The molecule has 32 heavy (non-hydrogen) atoms. The molecule has 1 atom stereocenters. The summed E-state index contributed by atoms with van der Waals surface area (Å²) in [6.45, 7) is 0. The number of hydrogen-bond donors (Lipinski definition) is 2. The van der Waals surface area contributed by atoms with Crippen LogP contribution < -0.4 is 10.6 Å². The largest absolute Gasteiger partial charge is 0.336 e. The second kappa shape index (κ2) is 9.88. The van der Waals surface area contributed by atoms with E-state index in [9.17, 15) is 9.59 Å². The van der Waals surface area contributed by atoms with E-state index in [4.69, 9.17) is 0 Å². The van der Waals surface area contributed by atoms with Gasteiger partial charge in [0.2, 0.25) is 5.16 Å². The molecule has 4 aromatic rings. The molecule has 8 nitrogen and oxygen atoms in total. The monoisotopic (exact) mass is 444 g/mol. The zero-order chi connectivity index (χ0) is 22.3. The van der Waals surface area contributed by atoms with Gasteiger partial charge in [-0.15, -0.1) is 5.10 Å². The van der Waals surface area contributed by atoms with Crippen molar-refractivity contribution in [3.63, 3.8) is 0 Å². The first-order valence-electron chi connectivity index (χ1n) is 9.80. The van der Waals surface area contributed by atoms with Crippen LogP contribution in [-0.4, -0.2) is 38.3 Å². The van der Waals surface area contributed by atoms with Crippen molar-refractivity contribution in [1.82, 2.24) is 25.5 Å². The smallest absolute Gasteiger partial charge is 0.252 e. The van der Waals surface area contributed by atoms with Gasteiger partial charge in [0.05, 0.1) is 5.69 Å². The summed E-state index contributed by atoms with van der Waals surface area (Å²) >= 11 is 1.42. The summed E-state index contributed by atoms with van der Waals surface area (Å²) in [6.07, 6.45) is 1.88. The molecule has 1 aromatic heterocycles. The number of carbonyl (C=O) groups excluding carboxylic acids is 2. The topological polar surface area (TPSA) is 102 Å². The van der Waals surface area contributed by atoms with Gasteiger partial charge in [0.25, 0.3) is 11.8 Å². The van der Waals surface area contributed by atoms with Crippen molar-refractivity contribution < 1.29 is 9.59 Å². The van der Waals surface area contributed by atoms with Gasteiger partial charge in [-0.2, -0.15) is 4.68 Å². The van der Waals surface area contributed by atoms with Crippen LogP contribution in [0.5, 0.6) is 0 Å². The highest BCUT2D eigenvalue weighted by Gasteiger charge is 2.23. The molecule has 4 rings (SSSR count). The molecule has 1 heterocycles. The minimum Gasteiger partial charge on any atom is -0.336 e. The van der Waals surface area contributed by atoms with Crippen molar-refractivity contribution in [2.45, 2.75) is 11.2 Å². The van der Waals surface area contributed by atoms with E-state index in [1.165, 1.54) is 11.8 Å². The molecule has 160 valence electrons. The molecule has 1 unspecified atom stereocenters. The van der Waals surface area contributed by atoms with E-state index < -0.39 is 6.04 Å². The van der Waals surface area contributed by atoms with Crippen LogP contribution in [-0.2, 0) is 4.79 Å². The predicted octanol–water partition coefficient (Wildman–Crippen LogP) is 3.49. The van der Waals surface area contributed by atoms with Crippen molar-refractivity contribution in [3.8, 4) is 5.69 Å². The molecule has 0 radical (unpaired) electrons. The second-order valence-electron chi connectivity index (χ2n) is 6.80. The molecule has 0 spiro atoms. The summed E-state index contributed by atoms with van der Waals surface area (Å²) in [5.41, 5.74) is 2.42. The minimum absolute atomic E-state index is 0.332. The molecule has 0 aliphatic heterocycles. The third-order valence-corrected chi connectivity index (χ3v) is 5.31. The zero-order valence-electron chi connectivity index (χ0n) is 17.2. The van der Waals surface area contributed by atoms with Gasteiger partial charge in [0, 0.05) is 11.3 Å². The van der Waals surface area contributed by atoms with Crippen molar-refractivity contribution >= 4 is 29.3 Å². The van der Waals surface area contributed by atoms with Gasteiger partial charge in [-0.25, -0.2) is 0 Å². The molecule has 0 fully saturated rings. The molecular weight excluding hydrogens is 424 g/mol. The van der Waals surface area contributed by atoms with Gasteiger partial charge in [-0.05, 0) is 52.6 Å². The Kier molecular flexibility index (Phi) is 6.57. The lowest BCUT2D eigenvalue weighted by molar-refractivity contribution is -0.118. The fraction of sp³-hybridized carbons (Fsp3) is 0.0870. The van der Waals surface area contributed by atoms with Crippen LogP contribution in [0.15, 0.2) is 90.1 Å². The van der Waals surface area contributed by atoms with E-state index >= 15 is 0 Å². The average molecular weight is 445 g/mol. The minimum atomic E-state index is -0.873. The number of nitrogens with zero attached hydrogens (tertiary/aromatic N) is 4. The van der Waals surface area contributed by atoms with Crippen molar-refractivity contribution in [3.05, 3.63) is 96.1 Å². The highest BCUT2D eigenvalue weighted by Crippen LogP contribution is 2.21. The fourth-order valence-corrected chi connectivity index (χ4v) is 3.58. The lowest BCUT2D eigenvalue weighted by Gasteiger charge is -2.19. The highest BCUT2D eigenvalue weighted by atomic mass is 32.2. The second-order valence-corrected chi connectivity index (χ2v) is 7.57. The van der Waals surface area contributed by atoms with Crippen LogP contribution in [0.2, 0.25) is 0 Å². The van der Waals surface area contributed by atoms with Gasteiger partial charge in [0.1, 0.15) is 6.04 Å². The number of aromatic nitrogens is 4. The molecule has 3 aromatic carbocycles. The van der Waals surface area contributed by atoms with Crippen LogP contribution in [0.1, 0.15) is 22.0 Å². The molecule has 0 bridgehead atoms. The van der Waals surface area contributed by atoms with Crippen molar-refractivity contribution in [2.75, 3.05) is 11.6 Å². The zero-order valence-corrected chi connectivity index (χ0v) is 18.0. The number of nitrogens with one attached hydrogen (secondary N) is 2. The number of anilines is 1. The van der Waals surface area contributed by atoms with E-state index in [0.29, 0.717) is 27.7 Å². The number of benzene rings is 3. The van der Waals surface area contributed by atoms with Crippen molar-refractivity contribution in [2.24, 2.45) is 0 Å². The van der Waals surface area contributed by atoms with E-state index in [1.807, 2.05) is 36.6 Å². The Labute approximate surface area is 189 Å². The number of carbonyl (C=O) groups is 2. The van der Waals surface area contributed by atoms with E-state index in [0.717, 1.165) is 0 Å². The lowest BCUT2D eigenvalue weighted by Crippen LogP contribution is -2.37. The van der Waals surface area contributed by atoms with E-state index in [-0.39, 0.29) is 11.8 Å². The van der Waals surface area contributed by atoms with Crippen molar-refractivity contribution in [1.29, 1.82) is 0 Å². The Morgan fingerprint density at radius 3 is 2.38 bits per heavy atom. The molecule has 0 saturated heterocycles. The first-order valence-corrected chi connectivity index (χ1v) is 11.0. The molecular formula is C23H20N6O2S. The fourth-order valence-electron chi connectivity index (χ4n) is 3.15. The number of rotatable bonds is 7. The predicted molar refractivity (Wildman–Crippen MR) is 123 cm³/mol. The third kappa shape index (κ3) is 4.84. The maximum Gasteiger partial charge on any atom is 0.252 e. The SMILES string of the molecule is CSc1nnnn1-c1cccc(NC(=O)C(NC(=O)c2ccccc2)c2ccccc2)c1. The average Bonchev–Trinajstić information content (AvgIpc) is 3.32. The van der Waals surface area contributed by atoms with Gasteiger partial charge >= 0.3 is 0 Å².